The maximum Gasteiger partial charge on any atom is 0.254 e. The number of hydrogen-bond acceptors (Lipinski definition) is 4. The number of fused-ring (bicyclic) bond motifs is 3. The van der Waals surface area contributed by atoms with Gasteiger partial charge >= 0.3 is 0 Å². The molecule has 34 heavy (non-hydrogen) atoms. The van der Waals surface area contributed by atoms with Crippen LogP contribution in [0.15, 0.2) is 30.3 Å². The second-order valence-corrected chi connectivity index (χ2v) is 9.33. The van der Waals surface area contributed by atoms with Gasteiger partial charge in [0.25, 0.3) is 5.91 Å². The van der Waals surface area contributed by atoms with Crippen molar-refractivity contribution in [1.29, 1.82) is 0 Å². The Kier molecular flexibility index (Phi) is 6.47. The highest BCUT2D eigenvalue weighted by Crippen LogP contribution is 2.56. The fourth-order valence-corrected chi connectivity index (χ4v) is 5.01. The molecule has 2 aromatic rings. The first-order valence-electron chi connectivity index (χ1n) is 11.2. The lowest BCUT2D eigenvalue weighted by Crippen LogP contribution is -2.52. The van der Waals surface area contributed by atoms with Crippen LogP contribution in [0.2, 0.25) is 0 Å². The molecule has 2 aromatic carbocycles. The molecule has 0 radical (unpaired) electrons. The van der Waals surface area contributed by atoms with Gasteiger partial charge in [0.15, 0.2) is 17.4 Å². The molecule has 0 atom stereocenters. The van der Waals surface area contributed by atoms with E-state index >= 15 is 0 Å². The Morgan fingerprint density at radius 3 is 2.18 bits per heavy atom. The summed E-state index contributed by atoms with van der Waals surface area (Å²) in [5.74, 6) is -5.66. The molecule has 3 fully saturated rings. The monoisotopic (exact) mass is 476 g/mol. The predicted octanol–water partition coefficient (Wildman–Crippen LogP) is 4.25. The van der Waals surface area contributed by atoms with Crippen LogP contribution in [0.1, 0.15) is 54.4 Å². The second-order valence-electron chi connectivity index (χ2n) is 9.33. The molecule has 0 unspecified atom stereocenters. The van der Waals surface area contributed by atoms with Crippen LogP contribution in [0, 0.1) is 28.3 Å². The van der Waals surface area contributed by atoms with Crippen LogP contribution < -0.4 is 20.5 Å². The third-order valence-corrected chi connectivity index (χ3v) is 7.45. The highest BCUT2D eigenvalue weighted by atomic mass is 19.2. The van der Waals surface area contributed by atoms with Crippen molar-refractivity contribution in [3.63, 3.8) is 0 Å². The van der Waals surface area contributed by atoms with E-state index < -0.39 is 40.1 Å². The molecule has 3 aliphatic rings. The molecule has 2 bridgehead atoms. The summed E-state index contributed by atoms with van der Waals surface area (Å²) in [4.78, 5) is 24.4. The molecule has 182 valence electrons. The highest BCUT2D eigenvalue weighted by molar-refractivity contribution is 5.94. The first-order valence-corrected chi connectivity index (χ1v) is 11.2. The number of nitrogens with two attached hydrogens (primary N) is 1. The lowest BCUT2D eigenvalue weighted by molar-refractivity contribution is -0.136. The standard InChI is InChI=1S/C25H27F3N2O4/c1-33-16-4-2-15(3-5-16)13-34-21-18(26)12-17(19(27)20(21)28)22(31)30-14-24-6-9-25(10-7-24,11-8-24)23(29)32/h2-5,12H,6-11,13-14H2,1H3,(H2,29,32)(H,30,31). The molecule has 5 rings (SSSR count). The van der Waals surface area contributed by atoms with Gasteiger partial charge in [0.2, 0.25) is 11.7 Å². The molecular weight excluding hydrogens is 449 g/mol. The Hall–Kier alpha value is -3.23. The molecule has 3 aliphatic carbocycles. The molecule has 3 saturated carbocycles. The van der Waals surface area contributed by atoms with Crippen molar-refractivity contribution in [2.75, 3.05) is 13.7 Å². The zero-order valence-electron chi connectivity index (χ0n) is 18.9. The minimum Gasteiger partial charge on any atom is -0.497 e. The summed E-state index contributed by atoms with van der Waals surface area (Å²) in [5.41, 5.74) is 4.76. The summed E-state index contributed by atoms with van der Waals surface area (Å²) in [7, 11) is 1.51. The number of benzene rings is 2. The van der Waals surface area contributed by atoms with Gasteiger partial charge in [-0.25, -0.2) is 8.78 Å². The van der Waals surface area contributed by atoms with E-state index in [1.807, 2.05) is 0 Å². The topological polar surface area (TPSA) is 90.7 Å². The van der Waals surface area contributed by atoms with E-state index in [-0.39, 0.29) is 24.5 Å². The van der Waals surface area contributed by atoms with E-state index in [4.69, 9.17) is 15.2 Å². The lowest BCUT2D eigenvalue weighted by atomic mass is 9.53. The number of rotatable bonds is 8. The number of nitrogens with one attached hydrogen (secondary N) is 1. The Bertz CT molecular complexity index is 1080. The number of hydrogen-bond donors (Lipinski definition) is 2. The largest absolute Gasteiger partial charge is 0.497 e. The van der Waals surface area contributed by atoms with E-state index in [1.165, 1.54) is 7.11 Å². The Morgan fingerprint density at radius 1 is 1.00 bits per heavy atom. The van der Waals surface area contributed by atoms with E-state index in [1.54, 1.807) is 24.3 Å². The number of amides is 2. The Morgan fingerprint density at radius 2 is 1.62 bits per heavy atom. The number of halogens is 3. The van der Waals surface area contributed by atoms with Crippen LogP contribution >= 0.6 is 0 Å². The SMILES string of the molecule is COc1ccc(COc2c(F)cc(C(=O)NCC34CCC(C(N)=O)(CC3)CC4)c(F)c2F)cc1. The van der Waals surface area contributed by atoms with Crippen molar-refractivity contribution >= 4 is 11.8 Å². The van der Waals surface area contributed by atoms with Crippen molar-refractivity contribution < 1.29 is 32.2 Å². The average Bonchev–Trinajstić information content (AvgIpc) is 2.86. The molecule has 6 nitrogen and oxygen atoms in total. The molecule has 0 aromatic heterocycles. The molecule has 0 heterocycles. The van der Waals surface area contributed by atoms with Crippen molar-refractivity contribution in [2.45, 2.75) is 45.1 Å². The smallest absolute Gasteiger partial charge is 0.254 e. The number of methoxy groups -OCH3 is 1. The lowest BCUT2D eigenvalue weighted by Gasteiger charge is -2.52. The summed E-state index contributed by atoms with van der Waals surface area (Å²) < 4.78 is 54.0. The molecule has 2 amide bonds. The van der Waals surface area contributed by atoms with Crippen molar-refractivity contribution in [1.82, 2.24) is 5.32 Å². The zero-order valence-corrected chi connectivity index (χ0v) is 18.9. The summed E-state index contributed by atoms with van der Waals surface area (Å²) >= 11 is 0. The summed E-state index contributed by atoms with van der Waals surface area (Å²) in [5, 5.41) is 2.63. The van der Waals surface area contributed by atoms with Gasteiger partial charge in [0.1, 0.15) is 12.4 Å². The van der Waals surface area contributed by atoms with Gasteiger partial charge in [0, 0.05) is 12.0 Å². The minimum atomic E-state index is -1.56. The van der Waals surface area contributed by atoms with E-state index in [0.717, 1.165) is 0 Å². The fraction of sp³-hybridized carbons (Fsp3) is 0.440. The van der Waals surface area contributed by atoms with Crippen LogP contribution in [0.25, 0.3) is 0 Å². The first kappa shape index (κ1) is 23.9. The molecule has 9 heteroatoms. The maximum atomic E-state index is 14.7. The van der Waals surface area contributed by atoms with Gasteiger partial charge in [-0.1, -0.05) is 12.1 Å². The highest BCUT2D eigenvalue weighted by Gasteiger charge is 2.51. The normalized spacial score (nSPS) is 23.4. The van der Waals surface area contributed by atoms with Crippen molar-refractivity contribution in [3.8, 4) is 11.5 Å². The number of carbonyl (C=O) groups is 2. The van der Waals surface area contributed by atoms with Crippen LogP contribution in [-0.2, 0) is 11.4 Å². The third-order valence-electron chi connectivity index (χ3n) is 7.45. The van der Waals surface area contributed by atoms with Crippen LogP contribution in [0.4, 0.5) is 13.2 Å². The average molecular weight is 476 g/mol. The number of carbonyl (C=O) groups excluding carboxylic acids is 2. The van der Waals surface area contributed by atoms with E-state index in [9.17, 15) is 22.8 Å². The van der Waals surface area contributed by atoms with E-state index in [2.05, 4.69) is 5.32 Å². The predicted molar refractivity (Wildman–Crippen MR) is 118 cm³/mol. The van der Waals surface area contributed by atoms with E-state index in [0.29, 0.717) is 55.9 Å². The van der Waals surface area contributed by atoms with Gasteiger partial charge in [-0.05, 0) is 67.7 Å². The molecular formula is C25H27F3N2O4. The van der Waals surface area contributed by atoms with Gasteiger partial charge in [-0.3, -0.25) is 9.59 Å². The second kappa shape index (κ2) is 9.19. The van der Waals surface area contributed by atoms with Crippen LogP contribution in [0.3, 0.4) is 0 Å². The fourth-order valence-electron chi connectivity index (χ4n) is 5.01. The molecule has 0 spiro atoms. The minimum absolute atomic E-state index is 0.196. The van der Waals surface area contributed by atoms with Gasteiger partial charge < -0.3 is 20.5 Å². The number of primary amides is 1. The first-order chi connectivity index (χ1) is 16.2. The zero-order chi connectivity index (χ0) is 24.5. The molecule has 0 aliphatic heterocycles. The van der Waals surface area contributed by atoms with Gasteiger partial charge in [-0.15, -0.1) is 0 Å². The summed E-state index contributed by atoms with van der Waals surface area (Å²) in [6.45, 7) is 0.0389. The Balaban J connectivity index is 1.41. The summed E-state index contributed by atoms with van der Waals surface area (Å²) in [6, 6.07) is 7.26. The maximum absolute atomic E-state index is 14.7. The quantitative estimate of drug-likeness (QED) is 0.558. The number of ether oxygens (including phenoxy) is 2. The Labute approximate surface area is 195 Å². The summed E-state index contributed by atoms with van der Waals surface area (Å²) in [6.07, 6.45) is 4.07. The van der Waals surface area contributed by atoms with Gasteiger partial charge in [-0.2, -0.15) is 4.39 Å². The molecule has 3 N–H and O–H groups in total. The van der Waals surface area contributed by atoms with Crippen molar-refractivity contribution in [2.24, 2.45) is 16.6 Å². The third kappa shape index (κ3) is 4.43. The van der Waals surface area contributed by atoms with Crippen LogP contribution in [-0.4, -0.2) is 25.5 Å². The van der Waals surface area contributed by atoms with Gasteiger partial charge in [0.05, 0.1) is 12.7 Å². The molecule has 0 saturated heterocycles. The van der Waals surface area contributed by atoms with Crippen LogP contribution in [0.5, 0.6) is 11.5 Å². The van der Waals surface area contributed by atoms with Crippen molar-refractivity contribution in [3.05, 3.63) is 58.9 Å².